The van der Waals surface area contributed by atoms with Gasteiger partial charge in [-0.15, -0.1) is 0 Å². The molecule has 0 aliphatic heterocycles. The van der Waals surface area contributed by atoms with Crippen molar-refractivity contribution in [3.63, 3.8) is 0 Å². The maximum Gasteiger partial charge on any atom is 0.344 e. The van der Waals surface area contributed by atoms with Crippen molar-refractivity contribution in [2.75, 3.05) is 6.61 Å². The first-order chi connectivity index (χ1) is 12.1. The van der Waals surface area contributed by atoms with Crippen LogP contribution in [-0.2, 0) is 16.1 Å². The molecular formula is C19H16FNO4. The Morgan fingerprint density at radius 2 is 2.00 bits per heavy atom. The highest BCUT2D eigenvalue weighted by Gasteiger charge is 2.12. The Kier molecular flexibility index (Phi) is 5.09. The van der Waals surface area contributed by atoms with Crippen LogP contribution in [0.4, 0.5) is 4.39 Å². The number of esters is 1. The molecule has 1 heterocycles. The molecule has 0 aliphatic rings. The topological polar surface area (TPSA) is 61.6 Å². The van der Waals surface area contributed by atoms with E-state index in [1.807, 2.05) is 25.1 Å². The van der Waals surface area contributed by atoms with Crippen molar-refractivity contribution in [2.24, 2.45) is 0 Å². The maximum absolute atomic E-state index is 13.7. The second kappa shape index (κ2) is 7.61. The third-order valence-corrected chi connectivity index (χ3v) is 3.43. The smallest absolute Gasteiger partial charge is 0.344 e. The highest BCUT2D eigenvalue weighted by molar-refractivity contribution is 5.71. The zero-order valence-electron chi connectivity index (χ0n) is 13.6. The molecule has 2 aromatic carbocycles. The third kappa shape index (κ3) is 4.44. The summed E-state index contributed by atoms with van der Waals surface area (Å²) >= 11 is 0. The minimum Gasteiger partial charge on any atom is -0.482 e. The molecule has 0 N–H and O–H groups in total. The molecule has 0 fully saturated rings. The Hall–Kier alpha value is -3.15. The van der Waals surface area contributed by atoms with Crippen LogP contribution in [0.15, 0.2) is 59.1 Å². The molecular weight excluding hydrogens is 325 g/mol. The SMILES string of the molecule is Cc1cccc(OCC(=O)OCc2cc(-c3ccccc3F)on2)c1. The summed E-state index contributed by atoms with van der Waals surface area (Å²) in [7, 11) is 0. The minimum atomic E-state index is -0.531. The maximum atomic E-state index is 13.7. The van der Waals surface area contributed by atoms with Gasteiger partial charge in [0.15, 0.2) is 12.4 Å². The fourth-order valence-corrected chi connectivity index (χ4v) is 2.21. The summed E-state index contributed by atoms with van der Waals surface area (Å²) in [4.78, 5) is 11.7. The number of halogens is 1. The molecule has 3 aromatic rings. The van der Waals surface area contributed by atoms with E-state index in [2.05, 4.69) is 5.16 Å². The van der Waals surface area contributed by atoms with E-state index in [4.69, 9.17) is 14.0 Å². The van der Waals surface area contributed by atoms with Crippen LogP contribution in [0.25, 0.3) is 11.3 Å². The number of nitrogens with zero attached hydrogens (tertiary/aromatic N) is 1. The van der Waals surface area contributed by atoms with Crippen molar-refractivity contribution in [3.05, 3.63) is 71.7 Å². The van der Waals surface area contributed by atoms with Crippen LogP contribution in [-0.4, -0.2) is 17.7 Å². The Morgan fingerprint density at radius 1 is 1.16 bits per heavy atom. The van der Waals surface area contributed by atoms with Crippen molar-refractivity contribution in [2.45, 2.75) is 13.5 Å². The molecule has 0 atom stereocenters. The van der Waals surface area contributed by atoms with Gasteiger partial charge >= 0.3 is 5.97 Å². The molecule has 0 amide bonds. The van der Waals surface area contributed by atoms with Crippen LogP contribution >= 0.6 is 0 Å². The zero-order valence-corrected chi connectivity index (χ0v) is 13.6. The first-order valence-corrected chi connectivity index (χ1v) is 7.67. The number of ether oxygens (including phenoxy) is 2. The van der Waals surface area contributed by atoms with Gasteiger partial charge in [0.1, 0.15) is 23.9 Å². The Morgan fingerprint density at radius 3 is 2.80 bits per heavy atom. The Balaban J connectivity index is 1.52. The number of aryl methyl sites for hydroxylation is 1. The van der Waals surface area contributed by atoms with Crippen molar-refractivity contribution in [3.8, 4) is 17.1 Å². The molecule has 0 saturated heterocycles. The lowest BCUT2D eigenvalue weighted by atomic mass is 10.1. The molecule has 128 valence electrons. The second-order valence-electron chi connectivity index (χ2n) is 5.43. The van der Waals surface area contributed by atoms with Crippen LogP contribution in [0.5, 0.6) is 5.75 Å². The van der Waals surface area contributed by atoms with Gasteiger partial charge in [0, 0.05) is 6.07 Å². The van der Waals surface area contributed by atoms with E-state index in [0.717, 1.165) is 5.56 Å². The summed E-state index contributed by atoms with van der Waals surface area (Å²) < 4.78 is 29.2. The minimum absolute atomic E-state index is 0.0754. The van der Waals surface area contributed by atoms with Gasteiger partial charge in [-0.1, -0.05) is 29.4 Å². The zero-order chi connectivity index (χ0) is 17.6. The van der Waals surface area contributed by atoms with Crippen LogP contribution in [0.2, 0.25) is 0 Å². The van der Waals surface area contributed by atoms with E-state index in [1.54, 1.807) is 24.3 Å². The third-order valence-electron chi connectivity index (χ3n) is 3.43. The van der Waals surface area contributed by atoms with Crippen molar-refractivity contribution >= 4 is 5.97 Å². The highest BCUT2D eigenvalue weighted by Crippen LogP contribution is 2.23. The second-order valence-corrected chi connectivity index (χ2v) is 5.43. The van der Waals surface area contributed by atoms with Gasteiger partial charge in [-0.2, -0.15) is 0 Å². The average Bonchev–Trinajstić information content (AvgIpc) is 3.07. The van der Waals surface area contributed by atoms with Crippen LogP contribution < -0.4 is 4.74 Å². The van der Waals surface area contributed by atoms with E-state index in [-0.39, 0.29) is 19.0 Å². The van der Waals surface area contributed by atoms with Gasteiger partial charge < -0.3 is 14.0 Å². The molecule has 3 rings (SSSR count). The fraction of sp³-hybridized carbons (Fsp3) is 0.158. The van der Waals surface area contributed by atoms with Gasteiger partial charge in [-0.3, -0.25) is 0 Å². The Bertz CT molecular complexity index is 875. The van der Waals surface area contributed by atoms with E-state index in [1.165, 1.54) is 12.1 Å². The van der Waals surface area contributed by atoms with Gasteiger partial charge in [0.25, 0.3) is 0 Å². The van der Waals surface area contributed by atoms with Crippen LogP contribution in [0.3, 0.4) is 0 Å². The standard InChI is InChI=1S/C19H16FNO4/c1-13-5-4-6-15(9-13)23-12-19(22)24-11-14-10-18(25-21-14)16-7-2-3-8-17(16)20/h2-10H,11-12H2,1H3. The molecule has 0 unspecified atom stereocenters. The first-order valence-electron chi connectivity index (χ1n) is 7.67. The number of aromatic nitrogens is 1. The number of hydrogen-bond donors (Lipinski definition) is 0. The number of carbonyl (C=O) groups excluding carboxylic acids is 1. The predicted molar refractivity (Wildman–Crippen MR) is 88.4 cm³/mol. The van der Waals surface area contributed by atoms with Crippen LogP contribution in [0.1, 0.15) is 11.3 Å². The summed E-state index contributed by atoms with van der Waals surface area (Å²) in [5.41, 5.74) is 1.73. The monoisotopic (exact) mass is 341 g/mol. The number of rotatable bonds is 6. The van der Waals surface area contributed by atoms with E-state index in [9.17, 15) is 9.18 Å². The molecule has 5 nitrogen and oxygen atoms in total. The van der Waals surface area contributed by atoms with E-state index in [0.29, 0.717) is 17.0 Å². The van der Waals surface area contributed by atoms with E-state index < -0.39 is 11.8 Å². The number of carbonyl (C=O) groups is 1. The lowest BCUT2D eigenvalue weighted by Gasteiger charge is -2.06. The van der Waals surface area contributed by atoms with Gasteiger partial charge in [0.05, 0.1) is 5.56 Å². The first kappa shape index (κ1) is 16.7. The molecule has 0 radical (unpaired) electrons. The molecule has 0 bridgehead atoms. The summed E-state index contributed by atoms with van der Waals surface area (Å²) in [6, 6.07) is 15.1. The largest absolute Gasteiger partial charge is 0.482 e. The quantitative estimate of drug-likeness (QED) is 0.636. The normalized spacial score (nSPS) is 10.5. The summed E-state index contributed by atoms with van der Waals surface area (Å²) in [6.07, 6.45) is 0. The van der Waals surface area contributed by atoms with Crippen LogP contribution in [0, 0.1) is 12.7 Å². The molecule has 0 saturated carbocycles. The molecule has 6 heteroatoms. The lowest BCUT2D eigenvalue weighted by molar-refractivity contribution is -0.147. The van der Waals surface area contributed by atoms with E-state index >= 15 is 0 Å². The summed E-state index contributed by atoms with van der Waals surface area (Å²) in [5.74, 6) is -0.0638. The number of hydrogen-bond acceptors (Lipinski definition) is 5. The predicted octanol–water partition coefficient (Wildman–Crippen LogP) is 3.91. The molecule has 0 spiro atoms. The van der Waals surface area contributed by atoms with Gasteiger partial charge in [0.2, 0.25) is 0 Å². The lowest BCUT2D eigenvalue weighted by Crippen LogP contribution is -2.14. The van der Waals surface area contributed by atoms with Crippen molar-refractivity contribution < 1.29 is 23.2 Å². The molecule has 0 aliphatic carbocycles. The van der Waals surface area contributed by atoms with Gasteiger partial charge in [-0.25, -0.2) is 9.18 Å². The summed E-state index contributed by atoms with van der Waals surface area (Å²) in [5, 5.41) is 3.78. The molecule has 1 aromatic heterocycles. The highest BCUT2D eigenvalue weighted by atomic mass is 19.1. The average molecular weight is 341 g/mol. The Labute approximate surface area is 144 Å². The van der Waals surface area contributed by atoms with Gasteiger partial charge in [-0.05, 0) is 36.8 Å². The number of benzene rings is 2. The van der Waals surface area contributed by atoms with Crippen molar-refractivity contribution in [1.29, 1.82) is 0 Å². The summed E-state index contributed by atoms with van der Waals surface area (Å²) in [6.45, 7) is 1.65. The molecule has 25 heavy (non-hydrogen) atoms. The fourth-order valence-electron chi connectivity index (χ4n) is 2.21. The van der Waals surface area contributed by atoms with Crippen molar-refractivity contribution in [1.82, 2.24) is 5.16 Å².